The van der Waals surface area contributed by atoms with Crippen LogP contribution in [0.5, 0.6) is 0 Å². The maximum Gasteiger partial charge on any atom is 0.264 e. The lowest BCUT2D eigenvalue weighted by Crippen LogP contribution is -2.49. The Labute approximate surface area is 183 Å². The number of benzene rings is 2. The summed E-state index contributed by atoms with van der Waals surface area (Å²) in [6, 6.07) is 16.0. The highest BCUT2D eigenvalue weighted by Gasteiger charge is 2.43. The summed E-state index contributed by atoms with van der Waals surface area (Å²) in [7, 11) is -3.70. The summed E-state index contributed by atoms with van der Waals surface area (Å²) in [5.41, 5.74) is 5.61. The number of amides is 1. The largest absolute Gasteiger partial charge is 0.396 e. The van der Waals surface area contributed by atoms with Gasteiger partial charge in [0.05, 0.1) is 0 Å². The van der Waals surface area contributed by atoms with E-state index in [4.69, 9.17) is 10.3 Å². The van der Waals surface area contributed by atoms with Crippen molar-refractivity contribution in [3.05, 3.63) is 65.7 Å². The number of sulfone groups is 1. The van der Waals surface area contributed by atoms with Gasteiger partial charge in [0.25, 0.3) is 5.91 Å². The standard InChI is InChI=1S/C24H29NO5S/c1-24(23(27)25-28,31(2,29)30)14-13-18-5-10-20(11-6-18)19-8-3-17(4-9-19)7-12-21-15-22(21)16-26/h3-12,21-22,26,28H,13-16H2,1-2H3,(H,25,27)/b12-7+/t21-,22?,24?/m1/s1. The number of aryl methyl sites for hydroxylation is 1. The monoisotopic (exact) mass is 443 g/mol. The van der Waals surface area contributed by atoms with Gasteiger partial charge < -0.3 is 5.11 Å². The Morgan fingerprint density at radius 1 is 1.13 bits per heavy atom. The summed E-state index contributed by atoms with van der Waals surface area (Å²) in [6.45, 7) is 1.58. The molecule has 1 aliphatic rings. The van der Waals surface area contributed by atoms with E-state index in [0.29, 0.717) is 18.3 Å². The predicted octanol–water partition coefficient (Wildman–Crippen LogP) is 3.24. The van der Waals surface area contributed by atoms with Crippen LogP contribution in [-0.4, -0.2) is 42.2 Å². The lowest BCUT2D eigenvalue weighted by Gasteiger charge is -2.25. The van der Waals surface area contributed by atoms with Gasteiger partial charge in [-0.15, -0.1) is 0 Å². The Kier molecular flexibility index (Phi) is 6.99. The molecule has 3 N–H and O–H groups in total. The van der Waals surface area contributed by atoms with Gasteiger partial charge >= 0.3 is 0 Å². The van der Waals surface area contributed by atoms with Crippen molar-refractivity contribution in [2.24, 2.45) is 11.8 Å². The molecule has 3 atom stereocenters. The highest BCUT2D eigenvalue weighted by Crippen LogP contribution is 2.39. The zero-order valence-corrected chi connectivity index (χ0v) is 18.6. The molecule has 1 fully saturated rings. The fourth-order valence-electron chi connectivity index (χ4n) is 3.57. The van der Waals surface area contributed by atoms with Gasteiger partial charge in [0, 0.05) is 12.9 Å². The molecule has 1 saturated carbocycles. The number of carbonyl (C=O) groups excluding carboxylic acids is 1. The first kappa shape index (κ1) is 23.2. The minimum absolute atomic E-state index is 0.0662. The van der Waals surface area contributed by atoms with Crippen LogP contribution in [0.1, 0.15) is 30.9 Å². The van der Waals surface area contributed by atoms with Crippen LogP contribution in [0, 0.1) is 11.8 Å². The van der Waals surface area contributed by atoms with Crippen molar-refractivity contribution in [3.63, 3.8) is 0 Å². The van der Waals surface area contributed by atoms with Crippen molar-refractivity contribution < 1.29 is 23.5 Å². The van der Waals surface area contributed by atoms with E-state index in [9.17, 15) is 13.2 Å². The first-order chi connectivity index (χ1) is 14.7. The van der Waals surface area contributed by atoms with Crippen LogP contribution in [0.15, 0.2) is 54.6 Å². The Bertz CT molecular complexity index is 1040. The SMILES string of the molecule is CC(CCc1ccc(-c2ccc(/C=C/[C@@H]3CC3CO)cc2)cc1)(C(=O)NO)S(C)(=O)=O. The Morgan fingerprint density at radius 2 is 1.71 bits per heavy atom. The van der Waals surface area contributed by atoms with Crippen LogP contribution >= 0.6 is 0 Å². The summed E-state index contributed by atoms with van der Waals surface area (Å²) < 4.78 is 22.5. The molecule has 3 rings (SSSR count). The second-order valence-corrected chi connectivity index (χ2v) is 10.9. The van der Waals surface area contributed by atoms with Gasteiger partial charge in [-0.05, 0) is 60.3 Å². The zero-order valence-electron chi connectivity index (χ0n) is 17.8. The van der Waals surface area contributed by atoms with Crippen LogP contribution in [0.25, 0.3) is 17.2 Å². The van der Waals surface area contributed by atoms with Gasteiger partial charge in [0.15, 0.2) is 9.84 Å². The summed E-state index contributed by atoms with van der Waals surface area (Å²) in [5.74, 6) is -0.0121. The maximum atomic E-state index is 12.1. The first-order valence-corrected chi connectivity index (χ1v) is 12.2. The Balaban J connectivity index is 1.64. The summed E-state index contributed by atoms with van der Waals surface area (Å²) >= 11 is 0. The number of nitrogens with one attached hydrogen (secondary N) is 1. The van der Waals surface area contributed by atoms with Crippen molar-refractivity contribution >= 4 is 21.8 Å². The van der Waals surface area contributed by atoms with Crippen molar-refractivity contribution in [2.75, 3.05) is 12.9 Å². The lowest BCUT2D eigenvalue weighted by molar-refractivity contribution is -0.131. The molecule has 6 nitrogen and oxygen atoms in total. The fraction of sp³-hybridized carbons (Fsp3) is 0.375. The van der Waals surface area contributed by atoms with E-state index < -0.39 is 20.5 Å². The molecule has 0 radical (unpaired) electrons. The average Bonchev–Trinajstić information content (AvgIpc) is 3.54. The second-order valence-electron chi connectivity index (χ2n) is 8.46. The minimum Gasteiger partial charge on any atom is -0.396 e. The smallest absolute Gasteiger partial charge is 0.264 e. The van der Waals surface area contributed by atoms with Crippen LogP contribution in [-0.2, 0) is 21.1 Å². The molecule has 0 aliphatic heterocycles. The van der Waals surface area contributed by atoms with Gasteiger partial charge in [-0.25, -0.2) is 13.9 Å². The summed E-state index contributed by atoms with van der Waals surface area (Å²) in [4.78, 5) is 11.9. The van der Waals surface area contributed by atoms with Crippen molar-refractivity contribution in [1.82, 2.24) is 5.48 Å². The molecule has 0 aromatic heterocycles. The van der Waals surface area contributed by atoms with Gasteiger partial charge in [-0.1, -0.05) is 60.7 Å². The molecular formula is C24H29NO5S. The zero-order chi connectivity index (χ0) is 22.6. The van der Waals surface area contributed by atoms with Gasteiger partial charge in [-0.2, -0.15) is 0 Å². The molecule has 0 spiro atoms. The van der Waals surface area contributed by atoms with Gasteiger partial charge in [0.1, 0.15) is 4.75 Å². The van der Waals surface area contributed by atoms with E-state index in [1.54, 1.807) is 0 Å². The second kappa shape index (κ2) is 9.34. The van der Waals surface area contributed by atoms with E-state index in [-0.39, 0.29) is 13.0 Å². The van der Waals surface area contributed by atoms with Crippen molar-refractivity contribution in [3.8, 4) is 11.1 Å². The molecule has 0 heterocycles. The van der Waals surface area contributed by atoms with Gasteiger partial charge in [-0.3, -0.25) is 10.0 Å². The number of rotatable bonds is 9. The van der Waals surface area contributed by atoms with Crippen LogP contribution < -0.4 is 5.48 Å². The molecule has 2 unspecified atom stereocenters. The van der Waals surface area contributed by atoms with E-state index >= 15 is 0 Å². The topological polar surface area (TPSA) is 104 Å². The number of hydrogen-bond donors (Lipinski definition) is 3. The minimum atomic E-state index is -3.70. The fourth-order valence-corrected chi connectivity index (χ4v) is 4.43. The number of aliphatic hydroxyl groups is 1. The molecule has 2 aromatic rings. The average molecular weight is 444 g/mol. The van der Waals surface area contributed by atoms with Gasteiger partial charge in [0.2, 0.25) is 0 Å². The highest BCUT2D eigenvalue weighted by atomic mass is 32.2. The molecular weight excluding hydrogens is 414 g/mol. The third-order valence-corrected chi connectivity index (χ3v) is 8.26. The molecule has 166 valence electrons. The molecule has 7 heteroatoms. The molecule has 0 saturated heterocycles. The highest BCUT2D eigenvalue weighted by molar-refractivity contribution is 7.92. The third-order valence-electron chi connectivity index (χ3n) is 6.24. The van der Waals surface area contributed by atoms with E-state index in [0.717, 1.165) is 34.9 Å². The predicted molar refractivity (Wildman–Crippen MR) is 121 cm³/mol. The maximum absolute atomic E-state index is 12.1. The van der Waals surface area contributed by atoms with E-state index in [1.165, 1.54) is 12.4 Å². The van der Waals surface area contributed by atoms with Crippen LogP contribution in [0.4, 0.5) is 0 Å². The Morgan fingerprint density at radius 3 is 2.19 bits per heavy atom. The number of hydroxylamine groups is 1. The Hall–Kier alpha value is -2.48. The summed E-state index contributed by atoms with van der Waals surface area (Å²) in [6.07, 6.45) is 6.76. The molecule has 0 bridgehead atoms. The number of allylic oxidation sites excluding steroid dienone is 1. The number of aliphatic hydroxyl groups excluding tert-OH is 1. The lowest BCUT2D eigenvalue weighted by atomic mass is 9.97. The number of carbonyl (C=O) groups is 1. The third kappa shape index (κ3) is 5.42. The normalized spacial score (nSPS) is 20.4. The van der Waals surface area contributed by atoms with Crippen LogP contribution in [0.2, 0.25) is 0 Å². The molecule has 31 heavy (non-hydrogen) atoms. The quantitative estimate of drug-likeness (QED) is 0.408. The molecule has 1 amide bonds. The van der Waals surface area contributed by atoms with Crippen molar-refractivity contribution in [1.29, 1.82) is 0 Å². The summed E-state index contributed by atoms with van der Waals surface area (Å²) in [5, 5.41) is 18.0. The first-order valence-electron chi connectivity index (χ1n) is 10.3. The molecule has 1 aliphatic carbocycles. The number of hydrogen-bond acceptors (Lipinski definition) is 5. The van der Waals surface area contributed by atoms with Crippen molar-refractivity contribution in [2.45, 2.75) is 30.9 Å². The van der Waals surface area contributed by atoms with Crippen LogP contribution in [0.3, 0.4) is 0 Å². The molecule has 2 aromatic carbocycles. The van der Waals surface area contributed by atoms with E-state index in [1.807, 2.05) is 24.3 Å². The van der Waals surface area contributed by atoms with E-state index in [2.05, 4.69) is 36.4 Å².